The molecule has 0 saturated heterocycles. The number of carbonyl (C=O) groups excluding carboxylic acids is 1. The number of fused-ring (bicyclic) bond motifs is 1. The predicted octanol–water partition coefficient (Wildman–Crippen LogP) is -0.765. The summed E-state index contributed by atoms with van der Waals surface area (Å²) in [6, 6.07) is 2.94. The highest BCUT2D eigenvalue weighted by Crippen LogP contribution is 2.27. The summed E-state index contributed by atoms with van der Waals surface area (Å²) in [6.45, 7) is -0.0905. The highest BCUT2D eigenvalue weighted by molar-refractivity contribution is 7.90. The Hall–Kier alpha value is -1.51. The Balaban J connectivity index is 2.18. The van der Waals surface area contributed by atoms with Gasteiger partial charge in [0.25, 0.3) is 15.9 Å². The molecule has 7 nitrogen and oxygen atoms in total. The Morgan fingerprint density at radius 1 is 1.39 bits per heavy atom. The summed E-state index contributed by atoms with van der Waals surface area (Å²) in [5, 5.41) is 8.31. The number of aromatic nitrogens is 1. The van der Waals surface area contributed by atoms with Gasteiger partial charge in [0.15, 0.2) is 5.03 Å². The van der Waals surface area contributed by atoms with Gasteiger partial charge in [-0.15, -0.1) is 0 Å². The first-order chi connectivity index (χ1) is 8.59. The molecule has 0 spiro atoms. The zero-order valence-corrected chi connectivity index (χ0v) is 10.3. The summed E-state index contributed by atoms with van der Waals surface area (Å²) in [6.07, 6.45) is 1.33. The number of ether oxygens (including phenoxy) is 1. The summed E-state index contributed by atoms with van der Waals surface area (Å²) in [4.78, 5) is 15.6. The van der Waals surface area contributed by atoms with E-state index < -0.39 is 15.9 Å². The van der Waals surface area contributed by atoms with Gasteiger partial charge in [-0.3, -0.25) is 4.79 Å². The molecule has 0 aromatic carbocycles. The molecule has 18 heavy (non-hydrogen) atoms. The molecule has 1 aromatic rings. The van der Waals surface area contributed by atoms with E-state index in [0.717, 1.165) is 4.31 Å². The van der Waals surface area contributed by atoms with Crippen molar-refractivity contribution in [2.45, 2.75) is 5.03 Å². The zero-order valence-electron chi connectivity index (χ0n) is 9.44. The van der Waals surface area contributed by atoms with Gasteiger partial charge in [0.05, 0.1) is 31.9 Å². The van der Waals surface area contributed by atoms with Crippen LogP contribution >= 0.6 is 0 Å². The number of hydrogen-bond acceptors (Lipinski definition) is 6. The van der Waals surface area contributed by atoms with Crippen molar-refractivity contribution in [3.63, 3.8) is 0 Å². The number of rotatable bonds is 5. The van der Waals surface area contributed by atoms with Crippen molar-refractivity contribution in [2.24, 2.45) is 0 Å². The normalized spacial score (nSPS) is 16.9. The van der Waals surface area contributed by atoms with Crippen LogP contribution in [0.1, 0.15) is 10.4 Å². The van der Waals surface area contributed by atoms with Crippen LogP contribution in [0.3, 0.4) is 0 Å². The fourth-order valence-electron chi connectivity index (χ4n) is 1.64. The molecule has 2 heterocycles. The molecule has 0 atom stereocenters. The fraction of sp³-hybridized carbons (Fsp3) is 0.400. The first-order valence-corrected chi connectivity index (χ1v) is 6.73. The van der Waals surface area contributed by atoms with Gasteiger partial charge in [-0.25, -0.2) is 9.29 Å². The fourth-order valence-corrected chi connectivity index (χ4v) is 3.11. The average Bonchev–Trinajstić information content (AvgIpc) is 2.55. The Labute approximate surface area is 104 Å². The highest BCUT2D eigenvalue weighted by atomic mass is 32.2. The smallest absolute Gasteiger partial charge is 0.285 e. The van der Waals surface area contributed by atoms with Gasteiger partial charge in [0, 0.05) is 6.20 Å². The molecule has 0 radical (unpaired) electrons. The van der Waals surface area contributed by atoms with Crippen molar-refractivity contribution in [3.8, 4) is 0 Å². The summed E-state index contributed by atoms with van der Waals surface area (Å²) in [5.41, 5.74) is 0.0830. The van der Waals surface area contributed by atoms with Gasteiger partial charge in [0.1, 0.15) is 0 Å². The van der Waals surface area contributed by atoms with E-state index >= 15 is 0 Å². The second-order valence-corrected chi connectivity index (χ2v) is 5.35. The van der Waals surface area contributed by atoms with Crippen LogP contribution in [0, 0.1) is 0 Å². The quantitative estimate of drug-likeness (QED) is 0.707. The van der Waals surface area contributed by atoms with Crippen molar-refractivity contribution in [2.75, 3.05) is 26.4 Å². The number of pyridine rings is 1. The zero-order chi connectivity index (χ0) is 13.2. The molecule has 0 unspecified atom stereocenters. The van der Waals surface area contributed by atoms with Crippen LogP contribution < -0.4 is 0 Å². The van der Waals surface area contributed by atoms with Gasteiger partial charge in [0.2, 0.25) is 0 Å². The molecule has 8 heteroatoms. The monoisotopic (exact) mass is 272 g/mol. The second kappa shape index (κ2) is 5.01. The number of aliphatic hydroxyl groups excluding tert-OH is 1. The first kappa shape index (κ1) is 12.9. The number of hydrogen-bond donors (Lipinski definition) is 1. The largest absolute Gasteiger partial charge is 0.394 e. The van der Waals surface area contributed by atoms with Crippen LogP contribution in [-0.4, -0.2) is 55.1 Å². The highest BCUT2D eigenvalue weighted by Gasteiger charge is 2.41. The maximum Gasteiger partial charge on any atom is 0.285 e. The lowest BCUT2D eigenvalue weighted by Crippen LogP contribution is -2.33. The number of carbonyl (C=O) groups is 1. The molecule has 98 valence electrons. The molecule has 0 aliphatic carbocycles. The van der Waals surface area contributed by atoms with E-state index in [1.807, 2.05) is 0 Å². The Kier molecular flexibility index (Phi) is 3.60. The predicted molar refractivity (Wildman–Crippen MR) is 60.4 cm³/mol. The minimum Gasteiger partial charge on any atom is -0.394 e. The Morgan fingerprint density at radius 3 is 2.83 bits per heavy atom. The lowest BCUT2D eigenvalue weighted by atomic mass is 10.3. The molecule has 1 aliphatic heterocycles. The standard InChI is InChI=1S/C10H12N2O5S/c13-5-7-17-6-4-12-10(14)8-2-1-3-11-9(8)18(12,15)16/h1-3,13H,4-7H2. The molecular weight excluding hydrogens is 260 g/mol. The van der Waals surface area contributed by atoms with E-state index in [1.54, 1.807) is 0 Å². The van der Waals surface area contributed by atoms with Crippen LogP contribution in [0.4, 0.5) is 0 Å². The van der Waals surface area contributed by atoms with Gasteiger partial charge in [-0.2, -0.15) is 8.42 Å². The maximum atomic E-state index is 12.0. The first-order valence-electron chi connectivity index (χ1n) is 5.29. The minimum atomic E-state index is -3.85. The Morgan fingerprint density at radius 2 is 2.17 bits per heavy atom. The van der Waals surface area contributed by atoms with E-state index in [4.69, 9.17) is 9.84 Å². The molecule has 0 bridgehead atoms. The van der Waals surface area contributed by atoms with Crippen LogP contribution in [0.15, 0.2) is 23.4 Å². The Bertz CT molecular complexity index is 557. The van der Waals surface area contributed by atoms with E-state index in [9.17, 15) is 13.2 Å². The minimum absolute atomic E-state index is 0.0412. The SMILES string of the molecule is O=C1c2cccnc2S(=O)(=O)N1CCOCCO. The van der Waals surface area contributed by atoms with Gasteiger partial charge in [-0.05, 0) is 12.1 Å². The van der Waals surface area contributed by atoms with Crippen LogP contribution in [0.2, 0.25) is 0 Å². The summed E-state index contributed by atoms with van der Waals surface area (Å²) >= 11 is 0. The average molecular weight is 272 g/mol. The van der Waals surface area contributed by atoms with Crippen molar-refractivity contribution >= 4 is 15.9 Å². The van der Waals surface area contributed by atoms with Crippen LogP contribution in [0.5, 0.6) is 0 Å². The third-order valence-corrected chi connectivity index (χ3v) is 4.18. The maximum absolute atomic E-state index is 12.0. The number of amides is 1. The molecule has 1 amide bonds. The molecule has 1 aromatic heterocycles. The topological polar surface area (TPSA) is 96.8 Å². The van der Waals surface area contributed by atoms with Crippen molar-refractivity contribution in [1.82, 2.24) is 9.29 Å². The number of nitrogens with zero attached hydrogens (tertiary/aromatic N) is 2. The number of aliphatic hydroxyl groups is 1. The summed E-state index contributed by atoms with van der Waals surface area (Å²) in [7, 11) is -3.85. The van der Waals surface area contributed by atoms with E-state index in [2.05, 4.69) is 4.98 Å². The molecule has 0 saturated carbocycles. The van der Waals surface area contributed by atoms with E-state index in [-0.39, 0.29) is 37.0 Å². The third-order valence-electron chi connectivity index (χ3n) is 2.44. The molecular formula is C10H12N2O5S. The second-order valence-electron chi connectivity index (χ2n) is 3.57. The molecule has 1 N–H and O–H groups in total. The van der Waals surface area contributed by atoms with Crippen molar-refractivity contribution in [1.29, 1.82) is 0 Å². The lowest BCUT2D eigenvalue weighted by Gasteiger charge is -2.14. The third kappa shape index (κ3) is 2.09. The van der Waals surface area contributed by atoms with Gasteiger partial charge in [-0.1, -0.05) is 0 Å². The molecule has 0 fully saturated rings. The van der Waals surface area contributed by atoms with E-state index in [1.165, 1.54) is 18.3 Å². The molecule has 2 rings (SSSR count). The molecule has 1 aliphatic rings. The van der Waals surface area contributed by atoms with Crippen LogP contribution in [-0.2, 0) is 14.8 Å². The van der Waals surface area contributed by atoms with Gasteiger partial charge >= 0.3 is 0 Å². The van der Waals surface area contributed by atoms with Gasteiger partial charge < -0.3 is 9.84 Å². The van der Waals surface area contributed by atoms with Crippen LogP contribution in [0.25, 0.3) is 0 Å². The van der Waals surface area contributed by atoms with Crippen molar-refractivity contribution < 1.29 is 23.1 Å². The summed E-state index contributed by atoms with van der Waals surface area (Å²) < 4.78 is 29.7. The van der Waals surface area contributed by atoms with E-state index in [0.29, 0.717) is 0 Å². The van der Waals surface area contributed by atoms with Crippen molar-refractivity contribution in [3.05, 3.63) is 23.9 Å². The lowest BCUT2D eigenvalue weighted by molar-refractivity contribution is 0.0717. The summed E-state index contributed by atoms with van der Waals surface area (Å²) in [5.74, 6) is -0.592. The number of sulfonamides is 1.